The highest BCUT2D eigenvalue weighted by atomic mass is 32.2. The lowest BCUT2D eigenvalue weighted by atomic mass is 10.2. The van der Waals surface area contributed by atoms with Crippen molar-refractivity contribution in [1.29, 1.82) is 0 Å². The van der Waals surface area contributed by atoms with E-state index in [2.05, 4.69) is 10.9 Å². The molecule has 0 bridgehead atoms. The number of ether oxygens (including phenoxy) is 1. The number of nitrogens with zero attached hydrogens (tertiary/aromatic N) is 2. The number of benzene rings is 2. The molecule has 0 aliphatic carbocycles. The van der Waals surface area contributed by atoms with Crippen LogP contribution in [0.1, 0.15) is 17.3 Å². The molecule has 2 amide bonds. The summed E-state index contributed by atoms with van der Waals surface area (Å²) < 4.78 is 46.1. The molecule has 2 N–H and O–H groups in total. The van der Waals surface area contributed by atoms with Crippen LogP contribution in [-0.4, -0.2) is 68.8 Å². The Hall–Kier alpha value is -3.02. The molecule has 172 valence electrons. The highest BCUT2D eigenvalue weighted by Gasteiger charge is 2.28. The lowest BCUT2D eigenvalue weighted by Crippen LogP contribution is -2.47. The van der Waals surface area contributed by atoms with Crippen LogP contribution >= 0.6 is 0 Å². The van der Waals surface area contributed by atoms with Gasteiger partial charge in [-0.05, 0) is 44.3 Å². The quantitative estimate of drug-likeness (QED) is 0.618. The number of carbonyl (C=O) groups is 2. The van der Waals surface area contributed by atoms with Gasteiger partial charge in [-0.1, -0.05) is 18.2 Å². The first-order valence-electron chi connectivity index (χ1n) is 9.98. The predicted molar refractivity (Wildman–Crippen MR) is 115 cm³/mol. The molecule has 11 heteroatoms. The summed E-state index contributed by atoms with van der Waals surface area (Å²) in [6.07, 6.45) is -1.09. The van der Waals surface area contributed by atoms with Crippen LogP contribution < -0.4 is 15.6 Å². The summed E-state index contributed by atoms with van der Waals surface area (Å²) in [6.45, 7) is 3.38. The summed E-state index contributed by atoms with van der Waals surface area (Å²) >= 11 is 0. The molecule has 1 aliphatic heterocycles. The zero-order valence-corrected chi connectivity index (χ0v) is 18.6. The van der Waals surface area contributed by atoms with Crippen molar-refractivity contribution in [1.82, 2.24) is 20.1 Å². The number of carbonyl (C=O) groups excluding carboxylic acids is 2. The lowest BCUT2D eigenvalue weighted by molar-refractivity contribution is -0.128. The molecule has 1 saturated heterocycles. The van der Waals surface area contributed by atoms with E-state index in [0.29, 0.717) is 26.2 Å². The van der Waals surface area contributed by atoms with Gasteiger partial charge >= 0.3 is 0 Å². The van der Waals surface area contributed by atoms with E-state index in [1.54, 1.807) is 6.07 Å². The van der Waals surface area contributed by atoms with Gasteiger partial charge in [0.15, 0.2) is 17.7 Å². The van der Waals surface area contributed by atoms with E-state index >= 15 is 0 Å². The van der Waals surface area contributed by atoms with Crippen LogP contribution in [-0.2, 0) is 14.8 Å². The summed E-state index contributed by atoms with van der Waals surface area (Å²) in [6, 6.07) is 11.2. The third kappa shape index (κ3) is 5.61. The van der Waals surface area contributed by atoms with Gasteiger partial charge in [0.2, 0.25) is 10.0 Å². The predicted octanol–water partition coefficient (Wildman–Crippen LogP) is 0.990. The molecule has 1 unspecified atom stereocenters. The van der Waals surface area contributed by atoms with E-state index in [0.717, 1.165) is 0 Å². The zero-order valence-electron chi connectivity index (χ0n) is 17.7. The summed E-state index contributed by atoms with van der Waals surface area (Å²) in [5, 5.41) is 0. The fourth-order valence-electron chi connectivity index (χ4n) is 3.05. The normalized spacial score (nSPS) is 16.2. The van der Waals surface area contributed by atoms with Gasteiger partial charge in [-0.25, -0.2) is 12.8 Å². The highest BCUT2D eigenvalue weighted by Crippen LogP contribution is 2.19. The van der Waals surface area contributed by atoms with Crippen molar-refractivity contribution in [3.63, 3.8) is 0 Å². The molecule has 9 nitrogen and oxygen atoms in total. The molecule has 2 aromatic carbocycles. The monoisotopic (exact) mass is 464 g/mol. The average molecular weight is 465 g/mol. The zero-order chi connectivity index (χ0) is 23.3. The van der Waals surface area contributed by atoms with E-state index in [4.69, 9.17) is 4.74 Å². The van der Waals surface area contributed by atoms with Crippen molar-refractivity contribution in [3.8, 4) is 5.75 Å². The first-order valence-corrected chi connectivity index (χ1v) is 11.4. The standard InChI is InChI=1S/C21H25FN4O5S/c1-15(31-19-9-4-3-8-18(19)22)20(27)23-24-21(28)16-6-5-7-17(14-16)32(29,30)26-12-10-25(2)11-13-26/h3-9,14-15H,10-13H2,1-2H3,(H,23,27)(H,24,28). The van der Waals surface area contributed by atoms with Crippen molar-refractivity contribution in [2.45, 2.75) is 17.9 Å². The fourth-order valence-corrected chi connectivity index (χ4v) is 4.52. The third-order valence-corrected chi connectivity index (χ3v) is 6.90. The Morgan fingerprint density at radius 1 is 1.03 bits per heavy atom. The molecule has 0 spiro atoms. The van der Waals surface area contributed by atoms with Gasteiger partial charge in [0.1, 0.15) is 0 Å². The molecular formula is C21H25FN4O5S. The molecule has 1 atom stereocenters. The number of nitrogens with one attached hydrogen (secondary N) is 2. The number of hydrogen-bond acceptors (Lipinski definition) is 6. The highest BCUT2D eigenvalue weighted by molar-refractivity contribution is 7.89. The van der Waals surface area contributed by atoms with Crippen LogP contribution in [0.15, 0.2) is 53.4 Å². The second kappa shape index (κ2) is 10.1. The van der Waals surface area contributed by atoms with E-state index in [9.17, 15) is 22.4 Å². The van der Waals surface area contributed by atoms with Crippen molar-refractivity contribution in [2.24, 2.45) is 0 Å². The van der Waals surface area contributed by atoms with Gasteiger partial charge in [0.25, 0.3) is 11.8 Å². The van der Waals surface area contributed by atoms with Gasteiger partial charge in [-0.15, -0.1) is 0 Å². The van der Waals surface area contributed by atoms with Gasteiger partial charge in [-0.2, -0.15) is 4.31 Å². The first-order chi connectivity index (χ1) is 15.2. The minimum Gasteiger partial charge on any atom is -0.478 e. The summed E-state index contributed by atoms with van der Waals surface area (Å²) in [5.74, 6) is -2.12. The van der Waals surface area contributed by atoms with Gasteiger partial charge in [0.05, 0.1) is 4.90 Å². The summed E-state index contributed by atoms with van der Waals surface area (Å²) in [7, 11) is -1.82. The number of piperazine rings is 1. The van der Waals surface area contributed by atoms with Crippen LogP contribution in [0.25, 0.3) is 0 Å². The number of amides is 2. The molecule has 0 aromatic heterocycles. The van der Waals surface area contributed by atoms with Crippen molar-refractivity contribution >= 4 is 21.8 Å². The molecule has 0 radical (unpaired) electrons. The maximum atomic E-state index is 13.7. The molecule has 3 rings (SSSR count). The van der Waals surface area contributed by atoms with Crippen molar-refractivity contribution in [3.05, 3.63) is 59.9 Å². The molecule has 1 fully saturated rings. The maximum absolute atomic E-state index is 13.7. The Morgan fingerprint density at radius 3 is 2.41 bits per heavy atom. The van der Waals surface area contributed by atoms with Crippen LogP contribution in [0.3, 0.4) is 0 Å². The van der Waals surface area contributed by atoms with Gasteiger partial charge in [0, 0.05) is 31.7 Å². The fraction of sp³-hybridized carbons (Fsp3) is 0.333. The third-order valence-electron chi connectivity index (χ3n) is 5.01. The number of sulfonamides is 1. The Balaban J connectivity index is 1.61. The van der Waals surface area contributed by atoms with E-state index in [-0.39, 0.29) is 16.2 Å². The van der Waals surface area contributed by atoms with Crippen LogP contribution in [0.2, 0.25) is 0 Å². The number of likely N-dealkylation sites (N-methyl/N-ethyl adjacent to an activating group) is 1. The minimum atomic E-state index is -3.74. The molecular weight excluding hydrogens is 439 g/mol. The van der Waals surface area contributed by atoms with Crippen LogP contribution in [0, 0.1) is 5.82 Å². The molecule has 1 aliphatic rings. The summed E-state index contributed by atoms with van der Waals surface area (Å²) in [5.41, 5.74) is 4.47. The van der Waals surface area contributed by atoms with E-state index < -0.39 is 33.8 Å². The first kappa shape index (κ1) is 23.6. The molecule has 1 heterocycles. The number of hydrogen-bond donors (Lipinski definition) is 2. The lowest BCUT2D eigenvalue weighted by Gasteiger charge is -2.31. The molecule has 2 aromatic rings. The van der Waals surface area contributed by atoms with Crippen LogP contribution in [0.5, 0.6) is 5.75 Å². The largest absolute Gasteiger partial charge is 0.478 e. The average Bonchev–Trinajstić information content (AvgIpc) is 2.79. The second-order valence-electron chi connectivity index (χ2n) is 7.37. The SMILES string of the molecule is CC(Oc1ccccc1F)C(=O)NNC(=O)c1cccc(S(=O)(=O)N2CCN(C)CC2)c1. The molecule has 0 saturated carbocycles. The Kier molecular flexibility index (Phi) is 7.44. The van der Waals surface area contributed by atoms with Crippen LogP contribution in [0.4, 0.5) is 4.39 Å². The second-order valence-corrected chi connectivity index (χ2v) is 9.31. The van der Waals surface area contributed by atoms with Gasteiger partial charge in [-0.3, -0.25) is 20.4 Å². The van der Waals surface area contributed by atoms with Crippen molar-refractivity contribution in [2.75, 3.05) is 33.2 Å². The topological polar surface area (TPSA) is 108 Å². The van der Waals surface area contributed by atoms with Gasteiger partial charge < -0.3 is 9.64 Å². The molecule has 32 heavy (non-hydrogen) atoms. The minimum absolute atomic E-state index is 0.00252. The Morgan fingerprint density at radius 2 is 1.72 bits per heavy atom. The number of para-hydroxylation sites is 1. The Bertz CT molecular complexity index is 1090. The van der Waals surface area contributed by atoms with E-state index in [1.165, 1.54) is 53.7 Å². The van der Waals surface area contributed by atoms with E-state index in [1.807, 2.05) is 11.9 Å². The number of halogens is 1. The summed E-state index contributed by atoms with van der Waals surface area (Å²) in [4.78, 5) is 26.6. The number of rotatable bonds is 6. The number of hydrazine groups is 1. The maximum Gasteiger partial charge on any atom is 0.279 e. The Labute approximate surface area is 186 Å². The smallest absolute Gasteiger partial charge is 0.279 e. The van der Waals surface area contributed by atoms with Crippen molar-refractivity contribution < 1.29 is 27.1 Å².